The lowest BCUT2D eigenvalue weighted by atomic mass is 9.83. The van der Waals surface area contributed by atoms with Crippen LogP contribution in [-0.4, -0.2) is 55.2 Å². The number of ether oxygens (including phenoxy) is 4. The molecule has 0 amide bonds. The highest BCUT2D eigenvalue weighted by Gasteiger charge is 2.40. The number of phenolic OH excluding ortho intramolecular Hbond substituents is 2. The molecule has 1 aliphatic heterocycles. The van der Waals surface area contributed by atoms with Crippen molar-refractivity contribution >= 4 is 40.7 Å². The van der Waals surface area contributed by atoms with E-state index in [0.29, 0.717) is 11.1 Å². The molecule has 198 valence electrons. The number of benzene rings is 2. The summed E-state index contributed by atoms with van der Waals surface area (Å²) >= 11 is 0.970. The number of nitrogens with zero attached hydrogens (tertiary/aromatic N) is 1. The monoisotopic (exact) mass is 540 g/mol. The molecule has 0 unspecified atom stereocenters. The maximum atomic E-state index is 13.5. The van der Waals surface area contributed by atoms with E-state index < -0.39 is 23.4 Å². The highest BCUT2D eigenvalue weighted by molar-refractivity contribution is 7.07. The molecule has 0 bridgehead atoms. The summed E-state index contributed by atoms with van der Waals surface area (Å²) in [6.07, 6.45) is 1.54. The van der Waals surface area contributed by atoms with Crippen LogP contribution in [0.1, 0.15) is 17.0 Å². The summed E-state index contributed by atoms with van der Waals surface area (Å²) in [5.41, 5.74) is 6.53. The SMILES string of the molecule is COC(=O)C1=C(N)n2c(sc(=Cc3ccc(O)c(OC)c3)c2=O)=C(C(=O)OC)[C@@H]1c1ccc(O)c(OC)c1. The van der Waals surface area contributed by atoms with Crippen LogP contribution in [0.5, 0.6) is 23.0 Å². The molecule has 1 atom stereocenters. The Kier molecular flexibility index (Phi) is 7.17. The molecule has 11 nitrogen and oxygen atoms in total. The van der Waals surface area contributed by atoms with Crippen LogP contribution in [0.4, 0.5) is 0 Å². The fourth-order valence-corrected chi connectivity index (χ4v) is 5.37. The number of aromatic nitrogens is 1. The van der Waals surface area contributed by atoms with Crippen molar-refractivity contribution < 1.29 is 38.7 Å². The molecule has 2 aromatic carbocycles. The van der Waals surface area contributed by atoms with Gasteiger partial charge in [0.25, 0.3) is 5.56 Å². The zero-order valence-corrected chi connectivity index (χ0v) is 21.6. The first-order valence-electron chi connectivity index (χ1n) is 11.0. The summed E-state index contributed by atoms with van der Waals surface area (Å²) in [7, 11) is 5.08. The van der Waals surface area contributed by atoms with E-state index in [9.17, 15) is 24.6 Å². The van der Waals surface area contributed by atoms with Gasteiger partial charge in [-0.15, -0.1) is 11.3 Å². The lowest BCUT2D eigenvalue weighted by molar-refractivity contribution is -0.136. The molecule has 4 rings (SSSR count). The Morgan fingerprint density at radius 2 is 1.50 bits per heavy atom. The van der Waals surface area contributed by atoms with Gasteiger partial charge in [-0.05, 0) is 41.5 Å². The van der Waals surface area contributed by atoms with Crippen molar-refractivity contribution in [2.75, 3.05) is 28.4 Å². The Labute approximate surface area is 219 Å². The maximum absolute atomic E-state index is 13.5. The second kappa shape index (κ2) is 10.3. The number of esters is 2. The summed E-state index contributed by atoms with van der Waals surface area (Å²) in [6.45, 7) is 0. The fourth-order valence-electron chi connectivity index (χ4n) is 4.21. The van der Waals surface area contributed by atoms with E-state index in [1.54, 1.807) is 12.1 Å². The Morgan fingerprint density at radius 3 is 2.11 bits per heavy atom. The number of hydrogen-bond donors (Lipinski definition) is 3. The average molecular weight is 541 g/mol. The van der Waals surface area contributed by atoms with Crippen LogP contribution in [0.15, 0.2) is 46.8 Å². The van der Waals surface area contributed by atoms with Crippen LogP contribution in [0, 0.1) is 0 Å². The topological polar surface area (TPSA) is 160 Å². The molecule has 38 heavy (non-hydrogen) atoms. The number of hydrogen-bond acceptors (Lipinski definition) is 11. The molecule has 0 fully saturated rings. The summed E-state index contributed by atoms with van der Waals surface area (Å²) < 4.78 is 21.8. The summed E-state index contributed by atoms with van der Waals surface area (Å²) in [4.78, 5) is 39.7. The van der Waals surface area contributed by atoms with E-state index >= 15 is 0 Å². The molecular formula is C26H24N2O9S. The molecule has 3 aromatic rings. The number of carbonyl (C=O) groups excluding carboxylic acids is 2. The van der Waals surface area contributed by atoms with Crippen LogP contribution in [0.25, 0.3) is 17.5 Å². The molecule has 0 saturated heterocycles. The normalized spacial score (nSPS) is 15.2. The van der Waals surface area contributed by atoms with E-state index in [4.69, 9.17) is 24.7 Å². The first kappa shape index (κ1) is 26.4. The fraction of sp³-hybridized carbons (Fsp3) is 0.192. The third-order valence-electron chi connectivity index (χ3n) is 6.00. The Morgan fingerprint density at radius 1 is 0.921 bits per heavy atom. The van der Waals surface area contributed by atoms with Gasteiger partial charge in [0.15, 0.2) is 23.0 Å². The van der Waals surface area contributed by atoms with Crippen LogP contribution >= 0.6 is 11.3 Å². The Balaban J connectivity index is 2.11. The van der Waals surface area contributed by atoms with Crippen molar-refractivity contribution in [1.29, 1.82) is 0 Å². The minimum atomic E-state index is -1.11. The van der Waals surface area contributed by atoms with Crippen LogP contribution in [-0.2, 0) is 19.1 Å². The summed E-state index contributed by atoms with van der Waals surface area (Å²) in [6, 6.07) is 8.83. The van der Waals surface area contributed by atoms with Gasteiger partial charge in [-0.2, -0.15) is 0 Å². The average Bonchev–Trinajstić information content (AvgIpc) is 3.24. The van der Waals surface area contributed by atoms with E-state index in [0.717, 1.165) is 23.0 Å². The number of fused-ring (bicyclic) bond motifs is 1. The van der Waals surface area contributed by atoms with Gasteiger partial charge < -0.3 is 34.9 Å². The van der Waals surface area contributed by atoms with Gasteiger partial charge >= 0.3 is 11.9 Å². The van der Waals surface area contributed by atoms with E-state index in [2.05, 4.69) is 0 Å². The van der Waals surface area contributed by atoms with Gasteiger partial charge in [-0.1, -0.05) is 12.1 Å². The van der Waals surface area contributed by atoms with Gasteiger partial charge in [-0.25, -0.2) is 9.59 Å². The van der Waals surface area contributed by atoms with Gasteiger partial charge in [0.2, 0.25) is 0 Å². The minimum Gasteiger partial charge on any atom is -0.504 e. The first-order chi connectivity index (χ1) is 18.2. The molecule has 0 radical (unpaired) electrons. The molecular weight excluding hydrogens is 516 g/mol. The van der Waals surface area contributed by atoms with Crippen molar-refractivity contribution in [2.45, 2.75) is 5.92 Å². The van der Waals surface area contributed by atoms with Gasteiger partial charge in [-0.3, -0.25) is 9.36 Å². The number of nitrogens with two attached hydrogens (primary N) is 1. The molecule has 2 heterocycles. The number of thiazole rings is 1. The van der Waals surface area contributed by atoms with E-state index in [-0.39, 0.29) is 49.2 Å². The molecule has 0 aliphatic carbocycles. The minimum absolute atomic E-state index is 0.0279. The van der Waals surface area contributed by atoms with Crippen molar-refractivity contribution in [3.05, 3.63) is 72.6 Å². The first-order valence-corrected chi connectivity index (χ1v) is 11.9. The van der Waals surface area contributed by atoms with Crippen LogP contribution in [0.2, 0.25) is 0 Å². The standard InChI is InChI=1S/C26H24N2O9S/c1-34-16-9-12(5-7-14(16)29)10-18-23(31)28-22(27)20(25(32)36-3)19(21(24(28)38-18)26(33)37-4)13-6-8-15(30)17(11-13)35-2/h5-11,19,29-30H,27H2,1-4H3/t19-/m1/s1. The number of phenols is 2. The summed E-state index contributed by atoms with van der Waals surface area (Å²) in [5, 5.41) is 20.0. The molecule has 12 heteroatoms. The molecule has 0 spiro atoms. The largest absolute Gasteiger partial charge is 0.504 e. The zero-order chi connectivity index (χ0) is 27.7. The third kappa shape index (κ3) is 4.34. The lowest BCUT2D eigenvalue weighted by Gasteiger charge is -2.26. The van der Waals surface area contributed by atoms with Gasteiger partial charge in [0.05, 0.1) is 50.0 Å². The smallest absolute Gasteiger partial charge is 0.338 e. The van der Waals surface area contributed by atoms with Crippen LogP contribution in [0.3, 0.4) is 0 Å². The van der Waals surface area contributed by atoms with Crippen molar-refractivity contribution in [3.63, 3.8) is 0 Å². The summed E-state index contributed by atoms with van der Waals surface area (Å²) in [5.74, 6) is -2.92. The quantitative estimate of drug-likeness (QED) is 0.378. The second-order valence-corrected chi connectivity index (χ2v) is 9.08. The lowest BCUT2D eigenvalue weighted by Crippen LogP contribution is -2.41. The van der Waals surface area contributed by atoms with E-state index in [1.807, 2.05) is 0 Å². The van der Waals surface area contributed by atoms with Crippen molar-refractivity contribution in [2.24, 2.45) is 5.73 Å². The zero-order valence-electron chi connectivity index (χ0n) is 20.8. The number of carbonyl (C=O) groups is 2. The number of rotatable bonds is 6. The predicted molar refractivity (Wildman–Crippen MR) is 138 cm³/mol. The van der Waals surface area contributed by atoms with Crippen molar-refractivity contribution in [3.8, 4) is 23.0 Å². The van der Waals surface area contributed by atoms with Crippen LogP contribution < -0.4 is 30.0 Å². The number of aromatic hydroxyl groups is 2. The highest BCUT2D eigenvalue weighted by Crippen LogP contribution is 2.40. The molecule has 1 aromatic heterocycles. The van der Waals surface area contributed by atoms with Crippen molar-refractivity contribution in [1.82, 2.24) is 4.57 Å². The third-order valence-corrected chi connectivity index (χ3v) is 7.11. The molecule has 0 saturated carbocycles. The van der Waals surface area contributed by atoms with Gasteiger partial charge in [0.1, 0.15) is 10.5 Å². The highest BCUT2D eigenvalue weighted by atomic mass is 32.1. The maximum Gasteiger partial charge on any atom is 0.338 e. The van der Waals surface area contributed by atoms with E-state index in [1.165, 1.54) is 51.7 Å². The molecule has 1 aliphatic rings. The molecule has 4 N–H and O–H groups in total. The Bertz CT molecular complexity index is 1670. The Hall–Kier alpha value is -4.71. The second-order valence-electron chi connectivity index (χ2n) is 8.05. The predicted octanol–water partition coefficient (Wildman–Crippen LogP) is 0.588. The van der Waals surface area contributed by atoms with Gasteiger partial charge in [0, 0.05) is 0 Å². The number of methoxy groups -OCH3 is 4.